The predicted octanol–water partition coefficient (Wildman–Crippen LogP) is 3.23. The highest BCUT2D eigenvalue weighted by molar-refractivity contribution is 5.80. The lowest BCUT2D eigenvalue weighted by molar-refractivity contribution is -0.145. The number of hydrogen-bond donors (Lipinski definition) is 0. The number of nitrogens with zero attached hydrogens (tertiary/aromatic N) is 1. The van der Waals surface area contributed by atoms with Crippen LogP contribution in [0.2, 0.25) is 0 Å². The number of fused-ring (bicyclic) bond motifs is 1. The second kappa shape index (κ2) is 9.20. The first-order valence-corrected chi connectivity index (χ1v) is 10.5. The fourth-order valence-corrected chi connectivity index (χ4v) is 3.83. The van der Waals surface area contributed by atoms with Crippen LogP contribution in [-0.4, -0.2) is 43.3 Å². The van der Waals surface area contributed by atoms with Crippen molar-refractivity contribution in [1.29, 1.82) is 0 Å². The van der Waals surface area contributed by atoms with Crippen LogP contribution in [0, 0.1) is 11.8 Å². The third-order valence-corrected chi connectivity index (χ3v) is 5.63. The van der Waals surface area contributed by atoms with Crippen molar-refractivity contribution in [2.75, 3.05) is 26.5 Å². The summed E-state index contributed by atoms with van der Waals surface area (Å²) < 4.78 is 15.9. The highest BCUT2D eigenvalue weighted by Gasteiger charge is 2.45. The number of carbonyl (C=O) groups excluding carboxylic acids is 2. The van der Waals surface area contributed by atoms with Crippen LogP contribution in [0.1, 0.15) is 24.5 Å². The molecule has 1 aliphatic heterocycles. The molecule has 6 nitrogen and oxygen atoms in total. The van der Waals surface area contributed by atoms with E-state index in [1.807, 2.05) is 48.2 Å². The van der Waals surface area contributed by atoms with E-state index in [1.165, 1.54) is 5.56 Å². The zero-order chi connectivity index (χ0) is 20.9. The summed E-state index contributed by atoms with van der Waals surface area (Å²) in [5.74, 6) is 1.40. The summed E-state index contributed by atoms with van der Waals surface area (Å²) in [6, 6.07) is 15.8. The Morgan fingerprint density at radius 3 is 2.67 bits per heavy atom. The molecule has 2 aromatic carbocycles. The number of esters is 1. The largest absolute Gasteiger partial charge is 0.466 e. The highest BCUT2D eigenvalue weighted by Crippen LogP contribution is 2.40. The summed E-state index contributed by atoms with van der Waals surface area (Å²) in [5.41, 5.74) is 2.09. The number of hydrogen-bond acceptors (Lipinski definition) is 5. The fraction of sp³-hybridized carbons (Fsp3) is 0.417. The van der Waals surface area contributed by atoms with Crippen molar-refractivity contribution in [1.82, 2.24) is 4.90 Å². The summed E-state index contributed by atoms with van der Waals surface area (Å²) in [4.78, 5) is 27.0. The van der Waals surface area contributed by atoms with Crippen LogP contribution in [0.25, 0.3) is 0 Å². The number of benzene rings is 2. The van der Waals surface area contributed by atoms with E-state index in [0.717, 1.165) is 18.4 Å². The molecule has 0 radical (unpaired) electrons. The van der Waals surface area contributed by atoms with Crippen molar-refractivity contribution in [2.24, 2.45) is 11.8 Å². The Hall–Kier alpha value is -3.02. The van der Waals surface area contributed by atoms with Gasteiger partial charge in [-0.2, -0.15) is 0 Å². The second-order valence-electron chi connectivity index (χ2n) is 7.79. The minimum atomic E-state index is -0.145. The Balaban J connectivity index is 1.40. The lowest BCUT2D eigenvalue weighted by Gasteiger charge is -2.23. The molecule has 158 valence electrons. The van der Waals surface area contributed by atoms with Crippen LogP contribution >= 0.6 is 0 Å². The molecule has 1 heterocycles. The van der Waals surface area contributed by atoms with Crippen molar-refractivity contribution >= 4 is 11.9 Å². The van der Waals surface area contributed by atoms with Crippen LogP contribution in [-0.2, 0) is 27.2 Å². The van der Waals surface area contributed by atoms with Crippen LogP contribution in [0.15, 0.2) is 48.5 Å². The Morgan fingerprint density at radius 1 is 1.07 bits per heavy atom. The molecule has 2 aromatic rings. The van der Waals surface area contributed by atoms with Crippen LogP contribution in [0.4, 0.5) is 0 Å². The summed E-state index contributed by atoms with van der Waals surface area (Å²) >= 11 is 0. The molecule has 1 fully saturated rings. The molecular formula is C24H27NO5. The van der Waals surface area contributed by atoms with Gasteiger partial charge >= 0.3 is 5.97 Å². The van der Waals surface area contributed by atoms with E-state index < -0.39 is 0 Å². The van der Waals surface area contributed by atoms with Crippen LogP contribution in [0.3, 0.4) is 0 Å². The molecule has 6 heteroatoms. The van der Waals surface area contributed by atoms with E-state index in [-0.39, 0.29) is 30.5 Å². The second-order valence-corrected chi connectivity index (χ2v) is 7.79. The predicted molar refractivity (Wildman–Crippen MR) is 111 cm³/mol. The number of carbonyl (C=O) groups is 2. The first kappa shape index (κ1) is 20.3. The summed E-state index contributed by atoms with van der Waals surface area (Å²) in [6.07, 6.45) is 1.87. The van der Waals surface area contributed by atoms with E-state index in [4.69, 9.17) is 14.2 Å². The van der Waals surface area contributed by atoms with Gasteiger partial charge in [0, 0.05) is 13.1 Å². The quantitative estimate of drug-likeness (QED) is 0.595. The molecule has 0 bridgehead atoms. The van der Waals surface area contributed by atoms with Crippen LogP contribution < -0.4 is 9.47 Å². The summed E-state index contributed by atoms with van der Waals surface area (Å²) in [5, 5.41) is 0. The first-order valence-electron chi connectivity index (χ1n) is 10.5. The molecular weight excluding hydrogens is 382 g/mol. The van der Waals surface area contributed by atoms with Gasteiger partial charge in [0.1, 0.15) is 0 Å². The lowest BCUT2D eigenvalue weighted by Crippen LogP contribution is -2.36. The molecule has 0 N–H and O–H groups in total. The van der Waals surface area contributed by atoms with Gasteiger partial charge in [-0.05, 0) is 48.9 Å². The maximum atomic E-state index is 13.1. The molecule has 0 unspecified atom stereocenters. The van der Waals surface area contributed by atoms with Crippen molar-refractivity contribution in [2.45, 2.75) is 26.2 Å². The summed E-state index contributed by atoms with van der Waals surface area (Å²) in [7, 11) is 0. The van der Waals surface area contributed by atoms with Gasteiger partial charge in [0.25, 0.3) is 0 Å². The van der Waals surface area contributed by atoms with Gasteiger partial charge in [-0.15, -0.1) is 0 Å². The number of amides is 1. The molecule has 0 saturated heterocycles. The van der Waals surface area contributed by atoms with E-state index in [2.05, 4.69) is 12.1 Å². The van der Waals surface area contributed by atoms with Crippen molar-refractivity contribution in [3.63, 3.8) is 0 Å². The SMILES string of the molecule is CCOC(=O)[C@H]1C[C@H]1CN(CCc1ccccc1)C(=O)Cc1ccc2c(c1)OCO2. The number of ether oxygens (including phenoxy) is 3. The minimum Gasteiger partial charge on any atom is -0.466 e. The molecule has 0 spiro atoms. The van der Waals surface area contributed by atoms with Gasteiger partial charge < -0.3 is 19.1 Å². The van der Waals surface area contributed by atoms with Gasteiger partial charge in [-0.25, -0.2) is 0 Å². The zero-order valence-corrected chi connectivity index (χ0v) is 17.2. The van der Waals surface area contributed by atoms with E-state index >= 15 is 0 Å². The Bertz CT molecular complexity index is 898. The normalized spacial score (nSPS) is 18.7. The van der Waals surface area contributed by atoms with E-state index in [9.17, 15) is 9.59 Å². The van der Waals surface area contributed by atoms with Crippen molar-refractivity contribution in [3.8, 4) is 11.5 Å². The smallest absolute Gasteiger partial charge is 0.309 e. The molecule has 1 amide bonds. The van der Waals surface area contributed by atoms with Crippen LogP contribution in [0.5, 0.6) is 11.5 Å². The molecule has 2 atom stereocenters. The first-order chi connectivity index (χ1) is 14.6. The third kappa shape index (κ3) is 4.93. The summed E-state index contributed by atoms with van der Waals surface area (Å²) in [6.45, 7) is 3.63. The average Bonchev–Trinajstić information content (AvgIpc) is 3.38. The molecule has 30 heavy (non-hydrogen) atoms. The van der Waals surface area contributed by atoms with Gasteiger partial charge in [0.2, 0.25) is 12.7 Å². The average molecular weight is 409 g/mol. The van der Waals surface area contributed by atoms with Gasteiger partial charge in [-0.1, -0.05) is 36.4 Å². The zero-order valence-electron chi connectivity index (χ0n) is 17.2. The molecule has 0 aromatic heterocycles. The Morgan fingerprint density at radius 2 is 1.87 bits per heavy atom. The Labute approximate surface area is 176 Å². The van der Waals surface area contributed by atoms with E-state index in [1.54, 1.807) is 0 Å². The maximum Gasteiger partial charge on any atom is 0.309 e. The molecule has 1 aliphatic carbocycles. The maximum absolute atomic E-state index is 13.1. The highest BCUT2D eigenvalue weighted by atomic mass is 16.7. The lowest BCUT2D eigenvalue weighted by atomic mass is 10.1. The monoisotopic (exact) mass is 409 g/mol. The molecule has 2 aliphatic rings. The molecule has 1 saturated carbocycles. The number of rotatable bonds is 9. The van der Waals surface area contributed by atoms with Gasteiger partial charge in [0.15, 0.2) is 11.5 Å². The van der Waals surface area contributed by atoms with Gasteiger partial charge in [0.05, 0.1) is 18.9 Å². The van der Waals surface area contributed by atoms with Crippen molar-refractivity contribution < 1.29 is 23.8 Å². The standard InChI is InChI=1S/C24H27NO5/c1-2-28-24(27)20-14-19(20)15-25(11-10-17-6-4-3-5-7-17)23(26)13-18-8-9-21-22(12-18)30-16-29-21/h3-9,12,19-20H,2,10-11,13-16H2,1H3/t19-,20-/m0/s1. The third-order valence-electron chi connectivity index (χ3n) is 5.63. The topological polar surface area (TPSA) is 65.1 Å². The van der Waals surface area contributed by atoms with Crippen molar-refractivity contribution in [3.05, 3.63) is 59.7 Å². The fourth-order valence-electron chi connectivity index (χ4n) is 3.83. The minimum absolute atomic E-state index is 0.0549. The van der Waals surface area contributed by atoms with E-state index in [0.29, 0.717) is 37.6 Å². The molecule has 4 rings (SSSR count). The Kier molecular flexibility index (Phi) is 6.21. The van der Waals surface area contributed by atoms with Gasteiger partial charge in [-0.3, -0.25) is 9.59 Å².